The number of aldehydes is 1. The van der Waals surface area contributed by atoms with Crippen molar-refractivity contribution in [3.8, 4) is 12.3 Å². The average molecular weight is 194 g/mol. The molecule has 0 N–H and O–H groups in total. The molecule has 0 heterocycles. The number of carbonyl (C=O) groups is 1. The lowest BCUT2D eigenvalue weighted by Crippen LogP contribution is -1.98. The molecular weight excluding hydrogens is 184 g/mol. The second-order valence-electron chi connectivity index (χ2n) is 3.37. The molecule has 72 valence electrons. The van der Waals surface area contributed by atoms with Gasteiger partial charge in [-0.1, -0.05) is 48.4 Å². The molecule has 1 nitrogen and oxygen atoms in total. The zero-order chi connectivity index (χ0) is 10.7. The van der Waals surface area contributed by atoms with Crippen LogP contribution in [0.2, 0.25) is 0 Å². The summed E-state index contributed by atoms with van der Waals surface area (Å²) in [5.41, 5.74) is 2.31. The van der Waals surface area contributed by atoms with Gasteiger partial charge in [0.1, 0.15) is 0 Å². The van der Waals surface area contributed by atoms with Gasteiger partial charge in [0.05, 0.1) is 0 Å². The zero-order valence-corrected chi connectivity index (χ0v) is 8.18. The van der Waals surface area contributed by atoms with Crippen LogP contribution in [0.4, 0.5) is 0 Å². The minimum Gasteiger partial charge on any atom is -0.298 e. The number of terminal acetylenes is 1. The summed E-state index contributed by atoms with van der Waals surface area (Å²) in [6, 6.07) is 5.57. The van der Waals surface area contributed by atoms with Crippen molar-refractivity contribution < 1.29 is 4.79 Å². The standard InChI is InChI=1S/C14H10O/c1-2-13-12(10-15)8-5-9-14(13)11-6-3-4-7-11/h1,3-11H. The van der Waals surface area contributed by atoms with Crippen LogP contribution in [0.15, 0.2) is 42.5 Å². The van der Waals surface area contributed by atoms with Gasteiger partial charge in [-0.15, -0.1) is 6.42 Å². The summed E-state index contributed by atoms with van der Waals surface area (Å²) in [5.74, 6) is 2.80. The molecule has 1 aliphatic carbocycles. The number of rotatable bonds is 2. The smallest absolute Gasteiger partial charge is 0.151 e. The van der Waals surface area contributed by atoms with Gasteiger partial charge in [0.2, 0.25) is 0 Å². The van der Waals surface area contributed by atoms with E-state index in [1.54, 1.807) is 6.07 Å². The lowest BCUT2D eigenvalue weighted by Gasteiger charge is -2.10. The van der Waals surface area contributed by atoms with Gasteiger partial charge in [0, 0.05) is 17.0 Å². The number of allylic oxidation sites excluding steroid dienone is 4. The Morgan fingerprint density at radius 3 is 2.60 bits per heavy atom. The summed E-state index contributed by atoms with van der Waals surface area (Å²) in [6.07, 6.45) is 14.3. The minimum absolute atomic E-state index is 0.205. The maximum absolute atomic E-state index is 10.8. The fourth-order valence-corrected chi connectivity index (χ4v) is 1.77. The van der Waals surface area contributed by atoms with Crippen LogP contribution in [0, 0.1) is 12.3 Å². The highest BCUT2D eigenvalue weighted by molar-refractivity contribution is 5.80. The summed E-state index contributed by atoms with van der Waals surface area (Å²) in [5, 5.41) is 0. The Labute approximate surface area is 89.1 Å². The Morgan fingerprint density at radius 1 is 1.27 bits per heavy atom. The molecule has 0 aliphatic heterocycles. The van der Waals surface area contributed by atoms with Gasteiger partial charge in [-0.05, 0) is 5.56 Å². The van der Waals surface area contributed by atoms with Crippen molar-refractivity contribution in [2.24, 2.45) is 0 Å². The quantitative estimate of drug-likeness (QED) is 0.522. The van der Waals surface area contributed by atoms with Gasteiger partial charge in [-0.3, -0.25) is 4.79 Å². The van der Waals surface area contributed by atoms with E-state index in [2.05, 4.69) is 18.1 Å². The minimum atomic E-state index is 0.205. The number of hydrogen-bond acceptors (Lipinski definition) is 1. The second kappa shape index (κ2) is 3.98. The molecule has 0 saturated carbocycles. The molecule has 15 heavy (non-hydrogen) atoms. The van der Waals surface area contributed by atoms with E-state index in [1.807, 2.05) is 24.3 Å². The molecule has 0 aromatic heterocycles. The molecular formula is C14H10O. The molecule has 1 heteroatoms. The van der Waals surface area contributed by atoms with Crippen molar-refractivity contribution in [1.82, 2.24) is 0 Å². The van der Waals surface area contributed by atoms with Crippen LogP contribution in [0.1, 0.15) is 27.4 Å². The fraction of sp³-hybridized carbons (Fsp3) is 0.0714. The van der Waals surface area contributed by atoms with E-state index in [1.165, 1.54) is 0 Å². The van der Waals surface area contributed by atoms with E-state index in [9.17, 15) is 4.79 Å². The molecule has 0 saturated heterocycles. The first-order chi connectivity index (χ1) is 7.36. The van der Waals surface area contributed by atoms with Gasteiger partial charge < -0.3 is 0 Å². The van der Waals surface area contributed by atoms with Crippen molar-refractivity contribution in [2.75, 3.05) is 0 Å². The zero-order valence-electron chi connectivity index (χ0n) is 8.18. The summed E-state index contributed by atoms with van der Waals surface area (Å²) in [6.45, 7) is 0. The van der Waals surface area contributed by atoms with Crippen LogP contribution in [-0.2, 0) is 0 Å². The lowest BCUT2D eigenvalue weighted by molar-refractivity contribution is 0.112. The highest BCUT2D eigenvalue weighted by Gasteiger charge is 2.13. The molecule has 1 aromatic carbocycles. The third-order valence-corrected chi connectivity index (χ3v) is 2.51. The third kappa shape index (κ3) is 1.62. The summed E-state index contributed by atoms with van der Waals surface area (Å²) >= 11 is 0. The first kappa shape index (κ1) is 9.48. The second-order valence-corrected chi connectivity index (χ2v) is 3.37. The molecule has 0 radical (unpaired) electrons. The Bertz CT molecular complexity index is 475. The van der Waals surface area contributed by atoms with Gasteiger partial charge in [-0.25, -0.2) is 0 Å². The molecule has 0 fully saturated rings. The monoisotopic (exact) mass is 194 g/mol. The normalized spacial score (nSPS) is 14.1. The summed E-state index contributed by atoms with van der Waals surface area (Å²) in [7, 11) is 0. The topological polar surface area (TPSA) is 17.1 Å². The van der Waals surface area contributed by atoms with Gasteiger partial charge in [0.25, 0.3) is 0 Å². The van der Waals surface area contributed by atoms with E-state index in [4.69, 9.17) is 6.42 Å². The molecule has 0 atom stereocenters. The molecule has 0 amide bonds. The molecule has 1 aromatic rings. The first-order valence-corrected chi connectivity index (χ1v) is 4.76. The number of benzene rings is 1. The van der Waals surface area contributed by atoms with E-state index >= 15 is 0 Å². The van der Waals surface area contributed by atoms with E-state index in [-0.39, 0.29) is 5.92 Å². The molecule has 0 bridgehead atoms. The van der Waals surface area contributed by atoms with Crippen molar-refractivity contribution in [3.05, 3.63) is 59.2 Å². The lowest BCUT2D eigenvalue weighted by atomic mass is 9.93. The highest BCUT2D eigenvalue weighted by atomic mass is 16.1. The average Bonchev–Trinajstić information content (AvgIpc) is 2.81. The maximum atomic E-state index is 10.8. The highest BCUT2D eigenvalue weighted by Crippen LogP contribution is 2.27. The van der Waals surface area contributed by atoms with Crippen LogP contribution in [0.3, 0.4) is 0 Å². The first-order valence-electron chi connectivity index (χ1n) is 4.76. The van der Waals surface area contributed by atoms with Gasteiger partial charge >= 0.3 is 0 Å². The number of carbonyl (C=O) groups excluding carboxylic acids is 1. The Morgan fingerprint density at radius 2 is 2.00 bits per heavy atom. The predicted molar refractivity (Wildman–Crippen MR) is 60.8 cm³/mol. The van der Waals surface area contributed by atoms with Crippen LogP contribution in [0.5, 0.6) is 0 Å². The van der Waals surface area contributed by atoms with E-state index in [0.717, 1.165) is 11.8 Å². The number of hydrogen-bond donors (Lipinski definition) is 0. The van der Waals surface area contributed by atoms with Crippen molar-refractivity contribution in [2.45, 2.75) is 5.92 Å². The fourth-order valence-electron chi connectivity index (χ4n) is 1.77. The largest absolute Gasteiger partial charge is 0.298 e. The molecule has 0 unspecified atom stereocenters. The van der Waals surface area contributed by atoms with Crippen LogP contribution < -0.4 is 0 Å². The van der Waals surface area contributed by atoms with Crippen molar-refractivity contribution in [3.63, 3.8) is 0 Å². The van der Waals surface area contributed by atoms with Crippen LogP contribution in [0.25, 0.3) is 0 Å². The Hall–Kier alpha value is -2.07. The third-order valence-electron chi connectivity index (χ3n) is 2.51. The summed E-state index contributed by atoms with van der Waals surface area (Å²) in [4.78, 5) is 10.8. The molecule has 1 aliphatic rings. The Kier molecular flexibility index (Phi) is 2.51. The van der Waals surface area contributed by atoms with Crippen LogP contribution >= 0.6 is 0 Å². The predicted octanol–water partition coefficient (Wildman–Crippen LogP) is 2.69. The molecule has 2 rings (SSSR count). The van der Waals surface area contributed by atoms with Crippen LogP contribution in [-0.4, -0.2) is 6.29 Å². The van der Waals surface area contributed by atoms with Gasteiger partial charge in [0.15, 0.2) is 6.29 Å². The maximum Gasteiger partial charge on any atom is 0.151 e. The van der Waals surface area contributed by atoms with E-state index in [0.29, 0.717) is 11.1 Å². The van der Waals surface area contributed by atoms with Gasteiger partial charge in [-0.2, -0.15) is 0 Å². The van der Waals surface area contributed by atoms with E-state index < -0.39 is 0 Å². The Balaban J connectivity index is 2.56. The SMILES string of the molecule is C#Cc1c(C=O)cccc1C1C=CC=C1. The summed E-state index contributed by atoms with van der Waals surface area (Å²) < 4.78 is 0. The van der Waals surface area contributed by atoms with Crippen molar-refractivity contribution >= 4 is 6.29 Å². The van der Waals surface area contributed by atoms with Crippen molar-refractivity contribution in [1.29, 1.82) is 0 Å². The molecule has 0 spiro atoms.